The third kappa shape index (κ3) is 2.71. The molecule has 1 aliphatic rings. The van der Waals surface area contributed by atoms with Gasteiger partial charge in [0, 0.05) is 36.6 Å². The molecule has 2 N–H and O–H groups in total. The summed E-state index contributed by atoms with van der Waals surface area (Å²) in [6.07, 6.45) is 0. The van der Waals surface area contributed by atoms with E-state index in [1.165, 1.54) is 6.07 Å². The summed E-state index contributed by atoms with van der Waals surface area (Å²) in [5.74, 6) is -0.937. The van der Waals surface area contributed by atoms with Crippen molar-refractivity contribution in [3.63, 3.8) is 0 Å². The lowest BCUT2D eigenvalue weighted by molar-refractivity contribution is 0.198. The maximum Gasteiger partial charge on any atom is 0.144 e. The Hall–Kier alpha value is -1.94. The summed E-state index contributed by atoms with van der Waals surface area (Å²) in [5, 5.41) is 24.7. The summed E-state index contributed by atoms with van der Waals surface area (Å²) >= 11 is 1.60. The molecule has 0 radical (unpaired) electrons. The SMILES string of the molecule is N#Cc1c(F)ccc([C@@H](c2cccs2)N2CCNCC2)c1O. The Bertz CT molecular complexity index is 690. The van der Waals surface area contributed by atoms with Crippen LogP contribution >= 0.6 is 11.3 Å². The zero-order valence-corrected chi connectivity index (χ0v) is 12.7. The van der Waals surface area contributed by atoms with Crippen LogP contribution in [0.25, 0.3) is 0 Å². The predicted octanol–water partition coefficient (Wildman–Crippen LogP) is 2.46. The van der Waals surface area contributed by atoms with Crippen LogP contribution < -0.4 is 5.32 Å². The van der Waals surface area contributed by atoms with Gasteiger partial charge in [-0.05, 0) is 17.5 Å². The Morgan fingerprint density at radius 1 is 1.32 bits per heavy atom. The lowest BCUT2D eigenvalue weighted by Gasteiger charge is -2.35. The Balaban J connectivity index is 2.08. The molecule has 0 unspecified atom stereocenters. The second-order valence-electron chi connectivity index (χ2n) is 5.18. The Kier molecular flexibility index (Phi) is 4.39. The molecule has 114 valence electrons. The van der Waals surface area contributed by atoms with E-state index in [1.54, 1.807) is 23.5 Å². The zero-order chi connectivity index (χ0) is 15.5. The van der Waals surface area contributed by atoms with Crippen molar-refractivity contribution in [2.24, 2.45) is 0 Å². The highest BCUT2D eigenvalue weighted by atomic mass is 32.1. The number of hydrogen-bond acceptors (Lipinski definition) is 5. The topological polar surface area (TPSA) is 59.3 Å². The minimum atomic E-state index is -0.686. The Labute approximate surface area is 132 Å². The first-order valence-electron chi connectivity index (χ1n) is 7.12. The normalized spacial score (nSPS) is 17.1. The summed E-state index contributed by atoms with van der Waals surface area (Å²) in [6, 6.07) is 8.40. The van der Waals surface area contributed by atoms with Crippen LogP contribution in [-0.2, 0) is 0 Å². The summed E-state index contributed by atoms with van der Waals surface area (Å²) in [7, 11) is 0. The van der Waals surface area contributed by atoms with Gasteiger partial charge in [0.2, 0.25) is 0 Å². The fraction of sp³-hybridized carbons (Fsp3) is 0.312. The number of phenolic OH excluding ortho intramolecular Hbond substituents is 1. The molecule has 1 aliphatic heterocycles. The van der Waals surface area contributed by atoms with Crippen LogP contribution in [0.1, 0.15) is 22.0 Å². The van der Waals surface area contributed by atoms with Gasteiger partial charge in [0.15, 0.2) is 0 Å². The first-order valence-corrected chi connectivity index (χ1v) is 8.00. The quantitative estimate of drug-likeness (QED) is 0.913. The molecule has 0 bridgehead atoms. The molecule has 1 atom stereocenters. The molecule has 2 heterocycles. The molecule has 6 heteroatoms. The van der Waals surface area contributed by atoms with Gasteiger partial charge in [-0.3, -0.25) is 4.90 Å². The number of piperazine rings is 1. The highest BCUT2D eigenvalue weighted by molar-refractivity contribution is 7.10. The lowest BCUT2D eigenvalue weighted by Crippen LogP contribution is -2.45. The van der Waals surface area contributed by atoms with Crippen molar-refractivity contribution in [3.8, 4) is 11.8 Å². The first kappa shape index (κ1) is 15.0. The molecule has 1 saturated heterocycles. The van der Waals surface area contributed by atoms with Crippen molar-refractivity contribution < 1.29 is 9.50 Å². The van der Waals surface area contributed by atoms with E-state index in [1.807, 2.05) is 17.5 Å². The molecule has 0 saturated carbocycles. The van der Waals surface area contributed by atoms with Crippen LogP contribution in [0.2, 0.25) is 0 Å². The van der Waals surface area contributed by atoms with Crippen molar-refractivity contribution in [3.05, 3.63) is 51.5 Å². The third-order valence-corrected chi connectivity index (χ3v) is 4.82. The van der Waals surface area contributed by atoms with E-state index in [2.05, 4.69) is 10.2 Å². The van der Waals surface area contributed by atoms with Gasteiger partial charge in [-0.25, -0.2) is 4.39 Å². The monoisotopic (exact) mass is 317 g/mol. The van der Waals surface area contributed by atoms with E-state index in [0.717, 1.165) is 31.1 Å². The van der Waals surface area contributed by atoms with Crippen LogP contribution in [0.15, 0.2) is 29.6 Å². The number of nitrogens with one attached hydrogen (secondary N) is 1. The van der Waals surface area contributed by atoms with Crippen molar-refractivity contribution in [1.29, 1.82) is 5.26 Å². The maximum absolute atomic E-state index is 13.7. The van der Waals surface area contributed by atoms with Crippen LogP contribution in [0, 0.1) is 17.1 Å². The number of nitriles is 1. The number of phenols is 1. The summed E-state index contributed by atoms with van der Waals surface area (Å²) in [4.78, 5) is 3.32. The van der Waals surface area contributed by atoms with E-state index in [-0.39, 0.29) is 17.4 Å². The fourth-order valence-corrected chi connectivity index (χ4v) is 3.70. The number of aromatic hydroxyl groups is 1. The standard InChI is InChI=1S/C16H16FN3OS/c17-13-4-3-11(16(21)12(13)10-18)15(14-2-1-9-22-14)20-7-5-19-6-8-20/h1-4,9,15,19,21H,5-8H2/t15-/m0/s1. The van der Waals surface area contributed by atoms with Crippen molar-refractivity contribution >= 4 is 11.3 Å². The van der Waals surface area contributed by atoms with Gasteiger partial charge in [0.05, 0.1) is 6.04 Å². The van der Waals surface area contributed by atoms with Gasteiger partial charge >= 0.3 is 0 Å². The zero-order valence-electron chi connectivity index (χ0n) is 11.9. The molecule has 22 heavy (non-hydrogen) atoms. The molecule has 3 rings (SSSR count). The Morgan fingerprint density at radius 3 is 2.73 bits per heavy atom. The second kappa shape index (κ2) is 6.44. The molecule has 0 spiro atoms. The molecule has 1 fully saturated rings. The minimum Gasteiger partial charge on any atom is -0.506 e. The summed E-state index contributed by atoms with van der Waals surface area (Å²) in [6.45, 7) is 3.41. The number of nitrogens with zero attached hydrogens (tertiary/aromatic N) is 2. The van der Waals surface area contributed by atoms with E-state index < -0.39 is 5.82 Å². The molecule has 0 aliphatic carbocycles. The van der Waals surface area contributed by atoms with E-state index >= 15 is 0 Å². The molecule has 4 nitrogen and oxygen atoms in total. The van der Waals surface area contributed by atoms with Crippen LogP contribution in [0.4, 0.5) is 4.39 Å². The highest BCUT2D eigenvalue weighted by Crippen LogP contribution is 2.38. The molecule has 0 amide bonds. The van der Waals surface area contributed by atoms with Gasteiger partial charge in [0.25, 0.3) is 0 Å². The van der Waals surface area contributed by atoms with E-state index in [9.17, 15) is 9.50 Å². The molecular formula is C16H16FN3OS. The number of halogens is 1. The third-order valence-electron chi connectivity index (χ3n) is 3.89. The Morgan fingerprint density at radius 2 is 2.09 bits per heavy atom. The van der Waals surface area contributed by atoms with Crippen molar-refractivity contribution in [2.75, 3.05) is 26.2 Å². The van der Waals surface area contributed by atoms with Gasteiger partial charge in [0.1, 0.15) is 23.2 Å². The van der Waals surface area contributed by atoms with Crippen LogP contribution in [0.3, 0.4) is 0 Å². The number of thiophene rings is 1. The van der Waals surface area contributed by atoms with Crippen LogP contribution in [0.5, 0.6) is 5.75 Å². The van der Waals surface area contributed by atoms with Gasteiger partial charge in [-0.2, -0.15) is 5.26 Å². The fourth-order valence-electron chi connectivity index (χ4n) is 2.83. The van der Waals surface area contributed by atoms with Gasteiger partial charge < -0.3 is 10.4 Å². The highest BCUT2D eigenvalue weighted by Gasteiger charge is 2.28. The second-order valence-corrected chi connectivity index (χ2v) is 6.16. The number of hydrogen-bond donors (Lipinski definition) is 2. The molecular weight excluding hydrogens is 301 g/mol. The molecule has 1 aromatic heterocycles. The maximum atomic E-state index is 13.7. The smallest absolute Gasteiger partial charge is 0.144 e. The van der Waals surface area contributed by atoms with Crippen molar-refractivity contribution in [2.45, 2.75) is 6.04 Å². The lowest BCUT2D eigenvalue weighted by atomic mass is 9.98. The number of benzene rings is 1. The average Bonchev–Trinajstić information content (AvgIpc) is 3.05. The summed E-state index contributed by atoms with van der Waals surface area (Å²) in [5.41, 5.74) is 0.302. The predicted molar refractivity (Wildman–Crippen MR) is 83.4 cm³/mol. The number of rotatable bonds is 3. The largest absolute Gasteiger partial charge is 0.506 e. The van der Waals surface area contributed by atoms with Gasteiger partial charge in [-0.1, -0.05) is 12.1 Å². The molecule has 1 aromatic carbocycles. The van der Waals surface area contributed by atoms with E-state index in [4.69, 9.17) is 5.26 Å². The summed E-state index contributed by atoms with van der Waals surface area (Å²) < 4.78 is 13.7. The average molecular weight is 317 g/mol. The molecule has 2 aromatic rings. The van der Waals surface area contributed by atoms with Crippen molar-refractivity contribution in [1.82, 2.24) is 10.2 Å². The van der Waals surface area contributed by atoms with E-state index in [0.29, 0.717) is 5.56 Å². The van der Waals surface area contributed by atoms with Gasteiger partial charge in [-0.15, -0.1) is 11.3 Å². The minimum absolute atomic E-state index is 0.158. The first-order chi connectivity index (χ1) is 10.7. The van der Waals surface area contributed by atoms with Crippen LogP contribution in [-0.4, -0.2) is 36.2 Å².